The van der Waals surface area contributed by atoms with Crippen LogP contribution in [-0.4, -0.2) is 23.4 Å². The summed E-state index contributed by atoms with van der Waals surface area (Å²) in [4.78, 5) is 24.0. The van der Waals surface area contributed by atoms with Crippen molar-refractivity contribution < 1.29 is 19.4 Å². The van der Waals surface area contributed by atoms with E-state index in [-0.39, 0.29) is 5.91 Å². The Balaban J connectivity index is 1.60. The van der Waals surface area contributed by atoms with Gasteiger partial charge in [0.1, 0.15) is 19.0 Å². The minimum Gasteiger partial charge on any atom is -0.489 e. The van der Waals surface area contributed by atoms with Gasteiger partial charge < -0.3 is 15.2 Å². The highest BCUT2D eigenvalue weighted by Crippen LogP contribution is 2.17. The number of carbonyl (C=O) groups excluding carboxylic acids is 2. The van der Waals surface area contributed by atoms with E-state index in [9.17, 15) is 9.59 Å². The van der Waals surface area contributed by atoms with Crippen LogP contribution in [0.25, 0.3) is 0 Å². The Morgan fingerprint density at radius 3 is 2.32 bits per heavy atom. The van der Waals surface area contributed by atoms with E-state index in [1.165, 1.54) is 11.6 Å². The average Bonchev–Trinajstić information content (AvgIpc) is 2.73. The molecule has 0 saturated heterocycles. The van der Waals surface area contributed by atoms with Crippen LogP contribution in [0.4, 0.5) is 5.69 Å². The Kier molecular flexibility index (Phi) is 6.19. The number of ketones is 1. The summed E-state index contributed by atoms with van der Waals surface area (Å²) in [6.45, 7) is 1.92. The standard InChI is InChI=1S/C23H21NO4/c1-16-5-7-17(8-6-16)15-28-21-11-9-18(10-12-21)23(27)24-20-4-2-3-19(13-20)22(26)14-25/h2-13,25H,14-15H2,1H3,(H,24,27). The van der Waals surface area contributed by atoms with E-state index in [2.05, 4.69) is 5.32 Å². The van der Waals surface area contributed by atoms with Gasteiger partial charge in [-0.1, -0.05) is 42.0 Å². The molecular weight excluding hydrogens is 354 g/mol. The molecule has 0 aliphatic carbocycles. The van der Waals surface area contributed by atoms with Crippen LogP contribution in [0.1, 0.15) is 31.8 Å². The number of nitrogens with one attached hydrogen (secondary N) is 1. The van der Waals surface area contributed by atoms with Crippen molar-refractivity contribution in [3.8, 4) is 5.75 Å². The zero-order valence-electron chi connectivity index (χ0n) is 15.5. The van der Waals surface area contributed by atoms with Gasteiger partial charge in [0.05, 0.1) is 0 Å². The largest absolute Gasteiger partial charge is 0.489 e. The Labute approximate surface area is 163 Å². The number of aliphatic hydroxyl groups excluding tert-OH is 1. The smallest absolute Gasteiger partial charge is 0.255 e. The van der Waals surface area contributed by atoms with Gasteiger partial charge in [0, 0.05) is 16.8 Å². The molecule has 0 atom stereocenters. The van der Waals surface area contributed by atoms with Crippen molar-refractivity contribution in [2.45, 2.75) is 13.5 Å². The third kappa shape index (κ3) is 5.05. The predicted molar refractivity (Wildman–Crippen MR) is 108 cm³/mol. The number of hydrogen-bond donors (Lipinski definition) is 2. The lowest BCUT2D eigenvalue weighted by molar-refractivity contribution is 0.0903. The van der Waals surface area contributed by atoms with Crippen molar-refractivity contribution in [2.24, 2.45) is 0 Å². The van der Waals surface area contributed by atoms with Crippen LogP contribution in [-0.2, 0) is 6.61 Å². The Morgan fingerprint density at radius 1 is 0.929 bits per heavy atom. The maximum atomic E-state index is 12.4. The Hall–Kier alpha value is -3.44. The minimum atomic E-state index is -0.568. The number of rotatable bonds is 7. The Morgan fingerprint density at radius 2 is 1.64 bits per heavy atom. The van der Waals surface area contributed by atoms with Crippen molar-refractivity contribution in [1.29, 1.82) is 0 Å². The van der Waals surface area contributed by atoms with E-state index < -0.39 is 12.4 Å². The molecule has 28 heavy (non-hydrogen) atoms. The van der Waals surface area contributed by atoms with Crippen LogP contribution in [0.5, 0.6) is 5.75 Å². The van der Waals surface area contributed by atoms with Gasteiger partial charge in [0.15, 0.2) is 5.78 Å². The average molecular weight is 375 g/mol. The minimum absolute atomic E-state index is 0.293. The number of Topliss-reactive ketones (excluding diaryl/α,β-unsaturated/α-hetero) is 1. The maximum absolute atomic E-state index is 12.4. The number of benzene rings is 3. The molecule has 0 saturated carbocycles. The third-order valence-corrected chi connectivity index (χ3v) is 4.23. The molecule has 0 unspecified atom stereocenters. The number of carbonyl (C=O) groups is 2. The molecule has 3 aromatic rings. The SMILES string of the molecule is Cc1ccc(COc2ccc(C(=O)Nc3cccc(C(=O)CO)c3)cc2)cc1. The topological polar surface area (TPSA) is 75.6 Å². The quantitative estimate of drug-likeness (QED) is 0.612. The van der Waals surface area contributed by atoms with Crippen LogP contribution in [0.3, 0.4) is 0 Å². The van der Waals surface area contributed by atoms with Gasteiger partial charge in [-0.05, 0) is 48.9 Å². The summed E-state index contributed by atoms with van der Waals surface area (Å²) in [5.41, 5.74) is 3.58. The molecule has 5 nitrogen and oxygen atoms in total. The van der Waals surface area contributed by atoms with Crippen LogP contribution in [0, 0.1) is 6.92 Å². The summed E-state index contributed by atoms with van der Waals surface area (Å²) in [6, 6.07) is 21.4. The zero-order valence-corrected chi connectivity index (χ0v) is 15.5. The fourth-order valence-electron chi connectivity index (χ4n) is 2.62. The van der Waals surface area contributed by atoms with Gasteiger partial charge in [0.2, 0.25) is 0 Å². The third-order valence-electron chi connectivity index (χ3n) is 4.23. The van der Waals surface area contributed by atoms with Crippen molar-refractivity contribution in [2.75, 3.05) is 11.9 Å². The first-order valence-corrected chi connectivity index (χ1v) is 8.89. The van der Waals surface area contributed by atoms with E-state index in [1.807, 2.05) is 31.2 Å². The fourth-order valence-corrected chi connectivity index (χ4v) is 2.62. The van der Waals surface area contributed by atoms with E-state index in [0.29, 0.717) is 29.2 Å². The summed E-state index contributed by atoms with van der Waals surface area (Å²) in [5, 5.41) is 11.7. The number of amides is 1. The zero-order chi connectivity index (χ0) is 19.9. The second-order valence-electron chi connectivity index (χ2n) is 6.41. The molecular formula is C23H21NO4. The molecule has 1 amide bonds. The lowest BCUT2D eigenvalue weighted by atomic mass is 10.1. The molecule has 0 aliphatic rings. The lowest BCUT2D eigenvalue weighted by Crippen LogP contribution is -2.12. The van der Waals surface area contributed by atoms with Crippen LogP contribution in [0.2, 0.25) is 0 Å². The maximum Gasteiger partial charge on any atom is 0.255 e. The number of ether oxygens (including phenoxy) is 1. The van der Waals surface area contributed by atoms with Gasteiger partial charge in [-0.15, -0.1) is 0 Å². The van der Waals surface area contributed by atoms with Crippen LogP contribution in [0.15, 0.2) is 72.8 Å². The summed E-state index contributed by atoms with van der Waals surface area (Å²) in [6.07, 6.45) is 0. The van der Waals surface area contributed by atoms with Gasteiger partial charge in [-0.3, -0.25) is 9.59 Å². The summed E-state index contributed by atoms with van der Waals surface area (Å²) < 4.78 is 5.75. The highest BCUT2D eigenvalue weighted by molar-refractivity contribution is 6.05. The number of anilines is 1. The molecule has 2 N–H and O–H groups in total. The first kappa shape index (κ1) is 19.3. The van der Waals surface area contributed by atoms with E-state index in [4.69, 9.17) is 9.84 Å². The van der Waals surface area contributed by atoms with Gasteiger partial charge in [-0.2, -0.15) is 0 Å². The molecule has 3 rings (SSSR count). The molecule has 0 heterocycles. The fraction of sp³-hybridized carbons (Fsp3) is 0.130. The van der Waals surface area contributed by atoms with Crippen LogP contribution < -0.4 is 10.1 Å². The molecule has 0 aromatic heterocycles. The number of aliphatic hydroxyl groups is 1. The van der Waals surface area contributed by atoms with Gasteiger partial charge >= 0.3 is 0 Å². The summed E-state index contributed by atoms with van der Waals surface area (Å²) in [7, 11) is 0. The predicted octanol–water partition coefficient (Wildman–Crippen LogP) is 4.00. The van der Waals surface area contributed by atoms with E-state index in [1.54, 1.807) is 42.5 Å². The number of hydrogen-bond acceptors (Lipinski definition) is 4. The Bertz CT molecular complexity index is 963. The highest BCUT2D eigenvalue weighted by atomic mass is 16.5. The molecule has 0 radical (unpaired) electrons. The van der Waals surface area contributed by atoms with Gasteiger partial charge in [-0.25, -0.2) is 0 Å². The molecule has 0 aliphatic heterocycles. The van der Waals surface area contributed by atoms with Crippen LogP contribution >= 0.6 is 0 Å². The normalized spacial score (nSPS) is 10.4. The lowest BCUT2D eigenvalue weighted by Gasteiger charge is -2.09. The molecule has 0 bridgehead atoms. The van der Waals surface area contributed by atoms with Crippen molar-refractivity contribution in [3.05, 3.63) is 95.1 Å². The molecule has 3 aromatic carbocycles. The first-order chi connectivity index (χ1) is 13.5. The van der Waals surface area contributed by atoms with E-state index >= 15 is 0 Å². The van der Waals surface area contributed by atoms with E-state index in [0.717, 1.165) is 5.56 Å². The first-order valence-electron chi connectivity index (χ1n) is 8.89. The molecule has 5 heteroatoms. The number of aryl methyl sites for hydroxylation is 1. The van der Waals surface area contributed by atoms with Crippen molar-refractivity contribution >= 4 is 17.4 Å². The second kappa shape index (κ2) is 8.97. The molecule has 142 valence electrons. The summed E-state index contributed by atoms with van der Waals surface area (Å²) >= 11 is 0. The molecule has 0 fully saturated rings. The monoisotopic (exact) mass is 375 g/mol. The van der Waals surface area contributed by atoms with Gasteiger partial charge in [0.25, 0.3) is 5.91 Å². The second-order valence-corrected chi connectivity index (χ2v) is 6.41. The molecule has 0 spiro atoms. The summed E-state index contributed by atoms with van der Waals surface area (Å²) in [5.74, 6) is -0.0162. The van der Waals surface area contributed by atoms with Crippen molar-refractivity contribution in [3.63, 3.8) is 0 Å². The highest BCUT2D eigenvalue weighted by Gasteiger charge is 2.09. The van der Waals surface area contributed by atoms with Crippen molar-refractivity contribution in [1.82, 2.24) is 0 Å².